The van der Waals surface area contributed by atoms with Crippen LogP contribution in [0.3, 0.4) is 0 Å². The number of ether oxygens (including phenoxy) is 1. The number of aromatic nitrogens is 3. The van der Waals surface area contributed by atoms with Crippen LogP contribution in [-0.2, 0) is 26.7 Å². The van der Waals surface area contributed by atoms with Gasteiger partial charge in [0.05, 0.1) is 35.2 Å². The van der Waals surface area contributed by atoms with Gasteiger partial charge in [-0.2, -0.15) is 5.10 Å². The summed E-state index contributed by atoms with van der Waals surface area (Å²) in [5.41, 5.74) is 4.74. The van der Waals surface area contributed by atoms with Crippen molar-refractivity contribution < 1.29 is 17.9 Å². The molecular weight excluding hydrogens is 476 g/mol. The van der Waals surface area contributed by atoms with Crippen molar-refractivity contribution in [1.82, 2.24) is 19.7 Å². The summed E-state index contributed by atoms with van der Waals surface area (Å²) in [7, 11) is -3.62. The zero-order valence-electron chi connectivity index (χ0n) is 19.5. The van der Waals surface area contributed by atoms with E-state index in [1.54, 1.807) is 34.0 Å². The maximum Gasteiger partial charge on any atom is 0.274 e. The summed E-state index contributed by atoms with van der Waals surface area (Å²) in [5, 5.41) is 4.76. The zero-order valence-corrected chi connectivity index (χ0v) is 20.3. The molecule has 0 saturated carbocycles. The molecule has 0 aliphatic carbocycles. The Kier molecular flexibility index (Phi) is 5.66. The molecule has 36 heavy (non-hydrogen) atoms. The summed E-state index contributed by atoms with van der Waals surface area (Å²) < 4.78 is 33.5. The van der Waals surface area contributed by atoms with E-state index >= 15 is 0 Å². The SMILES string of the molecule is O=C(c1nn(-c2cccc(Cc3cccnc3)c2)c2c1CS(=O)(=O)c1ccccc1-2)N1CCOCC1. The van der Waals surface area contributed by atoms with E-state index in [4.69, 9.17) is 9.84 Å². The number of sulfone groups is 1. The molecule has 1 fully saturated rings. The number of pyridine rings is 1. The third kappa shape index (κ3) is 4.00. The van der Waals surface area contributed by atoms with Crippen LogP contribution in [-0.4, -0.2) is 60.3 Å². The monoisotopic (exact) mass is 500 g/mol. The number of benzene rings is 2. The topological polar surface area (TPSA) is 94.4 Å². The van der Waals surface area contributed by atoms with E-state index in [-0.39, 0.29) is 22.2 Å². The summed E-state index contributed by atoms with van der Waals surface area (Å²) in [4.78, 5) is 19.7. The van der Waals surface area contributed by atoms with Gasteiger partial charge >= 0.3 is 0 Å². The largest absolute Gasteiger partial charge is 0.378 e. The quantitative estimate of drug-likeness (QED) is 0.427. The first-order chi connectivity index (χ1) is 17.5. The zero-order chi connectivity index (χ0) is 24.7. The lowest BCUT2D eigenvalue weighted by atomic mass is 10.0. The highest BCUT2D eigenvalue weighted by Gasteiger charge is 2.37. The van der Waals surface area contributed by atoms with Crippen LogP contribution < -0.4 is 0 Å². The smallest absolute Gasteiger partial charge is 0.274 e. The van der Waals surface area contributed by atoms with Crippen molar-refractivity contribution in [3.05, 3.63) is 95.4 Å². The first-order valence-electron chi connectivity index (χ1n) is 11.8. The van der Waals surface area contributed by atoms with E-state index in [1.165, 1.54) is 0 Å². The van der Waals surface area contributed by atoms with Gasteiger partial charge in [0.15, 0.2) is 15.5 Å². The third-order valence-corrected chi connectivity index (χ3v) is 8.28. The molecule has 1 saturated heterocycles. The molecule has 1 amide bonds. The second kappa shape index (κ2) is 9.00. The minimum absolute atomic E-state index is 0.183. The fourth-order valence-electron chi connectivity index (χ4n) is 4.88. The number of fused-ring (bicyclic) bond motifs is 3. The van der Waals surface area contributed by atoms with Crippen molar-refractivity contribution in [2.24, 2.45) is 0 Å². The number of rotatable bonds is 4. The average Bonchev–Trinajstić information content (AvgIpc) is 3.28. The van der Waals surface area contributed by atoms with Crippen LogP contribution >= 0.6 is 0 Å². The Morgan fingerprint density at radius 1 is 0.972 bits per heavy atom. The minimum Gasteiger partial charge on any atom is -0.378 e. The summed E-state index contributed by atoms with van der Waals surface area (Å²) in [5.74, 6) is -0.533. The van der Waals surface area contributed by atoms with Crippen LogP contribution in [0.1, 0.15) is 27.2 Å². The molecule has 0 spiro atoms. The van der Waals surface area contributed by atoms with Gasteiger partial charge in [-0.1, -0.05) is 36.4 Å². The van der Waals surface area contributed by atoms with Crippen LogP contribution in [0.2, 0.25) is 0 Å². The lowest BCUT2D eigenvalue weighted by Crippen LogP contribution is -2.41. The maximum atomic E-state index is 13.5. The van der Waals surface area contributed by atoms with Gasteiger partial charge in [0.25, 0.3) is 5.91 Å². The number of amides is 1. The average molecular weight is 501 g/mol. The molecule has 0 N–H and O–H groups in total. The third-order valence-electron chi connectivity index (χ3n) is 6.58. The molecule has 0 bridgehead atoms. The molecule has 6 rings (SSSR count). The van der Waals surface area contributed by atoms with E-state index in [1.807, 2.05) is 48.7 Å². The maximum absolute atomic E-state index is 13.5. The Morgan fingerprint density at radius 2 is 1.78 bits per heavy atom. The fraction of sp³-hybridized carbons (Fsp3) is 0.222. The number of carbonyl (C=O) groups excluding carboxylic acids is 1. The second-order valence-corrected chi connectivity index (χ2v) is 10.9. The molecule has 0 unspecified atom stereocenters. The number of nitrogens with zero attached hydrogens (tertiary/aromatic N) is 4. The predicted molar refractivity (Wildman–Crippen MR) is 134 cm³/mol. The van der Waals surface area contributed by atoms with Gasteiger partial charge in [-0.05, 0) is 41.8 Å². The molecule has 2 aliphatic rings. The number of morpholine rings is 1. The molecule has 8 nitrogen and oxygen atoms in total. The van der Waals surface area contributed by atoms with Crippen LogP contribution in [0.5, 0.6) is 0 Å². The molecule has 2 aromatic heterocycles. The van der Waals surface area contributed by atoms with Gasteiger partial charge in [-0.3, -0.25) is 9.78 Å². The molecule has 2 aliphatic heterocycles. The van der Waals surface area contributed by atoms with Crippen LogP contribution in [0.15, 0.2) is 78.0 Å². The highest BCUT2D eigenvalue weighted by molar-refractivity contribution is 7.90. The molecule has 2 aromatic carbocycles. The van der Waals surface area contributed by atoms with Gasteiger partial charge in [0.1, 0.15) is 0 Å². The number of hydrogen-bond donors (Lipinski definition) is 0. The van der Waals surface area contributed by atoms with Gasteiger partial charge in [-0.25, -0.2) is 13.1 Å². The van der Waals surface area contributed by atoms with Gasteiger partial charge < -0.3 is 9.64 Å². The lowest BCUT2D eigenvalue weighted by molar-refractivity contribution is 0.0298. The van der Waals surface area contributed by atoms with Crippen LogP contribution in [0, 0.1) is 0 Å². The minimum atomic E-state index is -3.62. The van der Waals surface area contributed by atoms with E-state index in [9.17, 15) is 13.2 Å². The molecule has 182 valence electrons. The highest BCUT2D eigenvalue weighted by atomic mass is 32.2. The number of hydrogen-bond acceptors (Lipinski definition) is 6. The fourth-order valence-corrected chi connectivity index (χ4v) is 6.47. The van der Waals surface area contributed by atoms with Gasteiger partial charge in [-0.15, -0.1) is 0 Å². The summed E-state index contributed by atoms with van der Waals surface area (Å²) >= 11 is 0. The van der Waals surface area contributed by atoms with Crippen molar-refractivity contribution >= 4 is 15.7 Å². The van der Waals surface area contributed by atoms with Crippen molar-refractivity contribution in [2.45, 2.75) is 17.1 Å². The Labute approximate surface area is 209 Å². The van der Waals surface area contributed by atoms with Crippen LogP contribution in [0.25, 0.3) is 16.9 Å². The summed E-state index contributed by atoms with van der Waals surface area (Å²) in [6.45, 7) is 1.80. The first kappa shape index (κ1) is 22.6. The van der Waals surface area contributed by atoms with Crippen molar-refractivity contribution in [1.29, 1.82) is 0 Å². The van der Waals surface area contributed by atoms with Gasteiger partial charge in [0, 0.05) is 36.6 Å². The Balaban J connectivity index is 1.51. The number of carbonyl (C=O) groups is 1. The van der Waals surface area contributed by atoms with Gasteiger partial charge in [0.2, 0.25) is 0 Å². The van der Waals surface area contributed by atoms with E-state index in [2.05, 4.69) is 4.98 Å². The first-order valence-corrected chi connectivity index (χ1v) is 13.5. The van der Waals surface area contributed by atoms with E-state index in [0.29, 0.717) is 49.5 Å². The normalized spacial score (nSPS) is 16.3. The molecule has 9 heteroatoms. The summed E-state index contributed by atoms with van der Waals surface area (Å²) in [6, 6.07) is 18.8. The standard InChI is InChI=1S/C27H24N4O4S/c32-27(30-11-13-35-14-12-30)25-23-18-36(33,34)24-9-2-1-8-22(24)26(23)31(29-25)21-7-3-5-19(16-21)15-20-6-4-10-28-17-20/h1-10,16-17H,11-15,18H2. The second-order valence-electron chi connectivity index (χ2n) is 8.96. The van der Waals surface area contributed by atoms with Crippen molar-refractivity contribution in [2.75, 3.05) is 26.3 Å². The Hall–Kier alpha value is -3.82. The Bertz CT molecular complexity index is 1560. The molecule has 0 radical (unpaired) electrons. The molecule has 4 aromatic rings. The molecule has 0 atom stereocenters. The van der Waals surface area contributed by atoms with Crippen LogP contribution in [0.4, 0.5) is 0 Å². The predicted octanol–water partition coefficient (Wildman–Crippen LogP) is 3.28. The Morgan fingerprint density at radius 3 is 2.58 bits per heavy atom. The van der Waals surface area contributed by atoms with Crippen molar-refractivity contribution in [3.8, 4) is 16.9 Å². The molecule has 4 heterocycles. The van der Waals surface area contributed by atoms with E-state index in [0.717, 1.165) is 16.8 Å². The summed E-state index contributed by atoms with van der Waals surface area (Å²) in [6.07, 6.45) is 4.27. The highest BCUT2D eigenvalue weighted by Crippen LogP contribution is 2.41. The van der Waals surface area contributed by atoms with E-state index < -0.39 is 9.84 Å². The van der Waals surface area contributed by atoms with Crippen molar-refractivity contribution in [3.63, 3.8) is 0 Å². The lowest BCUT2D eigenvalue weighted by Gasteiger charge is -2.26. The molecular formula is C27H24N4O4S.